The van der Waals surface area contributed by atoms with Crippen LogP contribution in [0, 0.1) is 0 Å². The molecule has 0 rings (SSSR count). The van der Waals surface area contributed by atoms with Crippen molar-refractivity contribution in [2.24, 2.45) is 0 Å². The van der Waals surface area contributed by atoms with Crippen molar-refractivity contribution < 1.29 is 4.74 Å². The number of likely N-dealkylation sites (N-methyl/N-ethyl adjacent to an activating group) is 1. The second-order valence-electron chi connectivity index (χ2n) is 4.31. The molecule has 2 atom stereocenters. The summed E-state index contributed by atoms with van der Waals surface area (Å²) in [6, 6.07) is 1.13. The standard InChI is InChI=1S/C12H28N2O/c1-6-8-13-11(2)12(3)14(4)9-7-10-15-5/h11-13H,6-10H2,1-5H3. The first-order chi connectivity index (χ1) is 7.13. The molecule has 3 heteroatoms. The quantitative estimate of drug-likeness (QED) is 0.594. The number of nitrogens with one attached hydrogen (secondary N) is 1. The number of hydrogen-bond donors (Lipinski definition) is 1. The number of nitrogens with zero attached hydrogens (tertiary/aromatic N) is 1. The number of methoxy groups -OCH3 is 1. The third kappa shape index (κ3) is 6.88. The van der Waals surface area contributed by atoms with Gasteiger partial charge in [-0.15, -0.1) is 0 Å². The summed E-state index contributed by atoms with van der Waals surface area (Å²) in [5.74, 6) is 0. The molecule has 0 saturated heterocycles. The monoisotopic (exact) mass is 216 g/mol. The van der Waals surface area contributed by atoms with Crippen molar-refractivity contribution in [2.75, 3.05) is 33.9 Å². The van der Waals surface area contributed by atoms with Gasteiger partial charge in [0.05, 0.1) is 0 Å². The second-order valence-corrected chi connectivity index (χ2v) is 4.31. The van der Waals surface area contributed by atoms with E-state index in [0.29, 0.717) is 12.1 Å². The Morgan fingerprint density at radius 1 is 1.33 bits per heavy atom. The van der Waals surface area contributed by atoms with Gasteiger partial charge in [0.25, 0.3) is 0 Å². The lowest BCUT2D eigenvalue weighted by atomic mass is 10.1. The van der Waals surface area contributed by atoms with E-state index < -0.39 is 0 Å². The van der Waals surface area contributed by atoms with Crippen LogP contribution in [0.1, 0.15) is 33.6 Å². The summed E-state index contributed by atoms with van der Waals surface area (Å²) in [6.07, 6.45) is 2.31. The average molecular weight is 216 g/mol. The topological polar surface area (TPSA) is 24.5 Å². The third-order valence-electron chi connectivity index (χ3n) is 2.99. The van der Waals surface area contributed by atoms with Crippen LogP contribution < -0.4 is 5.32 Å². The highest BCUT2D eigenvalue weighted by atomic mass is 16.5. The van der Waals surface area contributed by atoms with Crippen LogP contribution in [-0.2, 0) is 4.74 Å². The van der Waals surface area contributed by atoms with Gasteiger partial charge in [-0.3, -0.25) is 0 Å². The van der Waals surface area contributed by atoms with Crippen LogP contribution >= 0.6 is 0 Å². The van der Waals surface area contributed by atoms with Crippen LogP contribution in [0.25, 0.3) is 0 Å². The molecule has 0 bridgehead atoms. The summed E-state index contributed by atoms with van der Waals surface area (Å²) >= 11 is 0. The van der Waals surface area contributed by atoms with Gasteiger partial charge >= 0.3 is 0 Å². The van der Waals surface area contributed by atoms with Crippen LogP contribution in [-0.4, -0.2) is 50.8 Å². The van der Waals surface area contributed by atoms with Crippen LogP contribution in [0.15, 0.2) is 0 Å². The van der Waals surface area contributed by atoms with Crippen LogP contribution in [0.5, 0.6) is 0 Å². The van der Waals surface area contributed by atoms with Gasteiger partial charge in [-0.2, -0.15) is 0 Å². The van der Waals surface area contributed by atoms with Gasteiger partial charge in [-0.1, -0.05) is 6.92 Å². The van der Waals surface area contributed by atoms with Gasteiger partial charge < -0.3 is 15.0 Å². The molecule has 0 radical (unpaired) electrons. The fourth-order valence-corrected chi connectivity index (χ4v) is 1.59. The van der Waals surface area contributed by atoms with Crippen molar-refractivity contribution in [3.63, 3.8) is 0 Å². The SMILES string of the molecule is CCCNC(C)C(C)N(C)CCCOC. The smallest absolute Gasteiger partial charge is 0.0474 e. The molecule has 0 fully saturated rings. The minimum absolute atomic E-state index is 0.553. The number of rotatable bonds is 9. The molecule has 92 valence electrons. The Morgan fingerprint density at radius 3 is 2.53 bits per heavy atom. The second kappa shape index (κ2) is 9.13. The van der Waals surface area contributed by atoms with E-state index in [1.807, 2.05) is 0 Å². The maximum Gasteiger partial charge on any atom is 0.0474 e. The van der Waals surface area contributed by atoms with E-state index in [4.69, 9.17) is 4.74 Å². The third-order valence-corrected chi connectivity index (χ3v) is 2.99. The first-order valence-corrected chi connectivity index (χ1v) is 6.06. The molecule has 3 nitrogen and oxygen atoms in total. The van der Waals surface area contributed by atoms with Crippen molar-refractivity contribution in [3.05, 3.63) is 0 Å². The van der Waals surface area contributed by atoms with E-state index in [1.165, 1.54) is 6.42 Å². The van der Waals surface area contributed by atoms with Gasteiger partial charge in [0.15, 0.2) is 0 Å². The van der Waals surface area contributed by atoms with E-state index in [0.717, 1.165) is 26.1 Å². The lowest BCUT2D eigenvalue weighted by molar-refractivity contribution is 0.158. The molecule has 0 aromatic carbocycles. The predicted molar refractivity (Wildman–Crippen MR) is 66.3 cm³/mol. The maximum atomic E-state index is 5.06. The summed E-state index contributed by atoms with van der Waals surface area (Å²) in [6.45, 7) is 9.80. The van der Waals surface area contributed by atoms with Gasteiger partial charge in [0.1, 0.15) is 0 Å². The molecule has 0 spiro atoms. The number of hydrogen-bond acceptors (Lipinski definition) is 3. The molecule has 1 N–H and O–H groups in total. The lowest BCUT2D eigenvalue weighted by Crippen LogP contribution is -2.45. The average Bonchev–Trinajstić information content (AvgIpc) is 2.24. The highest BCUT2D eigenvalue weighted by Crippen LogP contribution is 2.02. The summed E-state index contributed by atoms with van der Waals surface area (Å²) in [7, 11) is 3.94. The van der Waals surface area contributed by atoms with E-state index in [2.05, 4.69) is 38.0 Å². The predicted octanol–water partition coefficient (Wildman–Crippen LogP) is 1.73. The summed E-state index contributed by atoms with van der Waals surface area (Å²) in [4.78, 5) is 2.40. The highest BCUT2D eigenvalue weighted by Gasteiger charge is 2.15. The van der Waals surface area contributed by atoms with Gasteiger partial charge in [-0.05, 0) is 40.3 Å². The van der Waals surface area contributed by atoms with Crippen molar-refractivity contribution in [1.29, 1.82) is 0 Å². The minimum Gasteiger partial charge on any atom is -0.385 e. The van der Waals surface area contributed by atoms with E-state index >= 15 is 0 Å². The molecular weight excluding hydrogens is 188 g/mol. The molecule has 0 saturated carbocycles. The molecular formula is C12H28N2O. The summed E-state index contributed by atoms with van der Waals surface area (Å²) in [5.41, 5.74) is 0. The minimum atomic E-state index is 0.553. The fourth-order valence-electron chi connectivity index (χ4n) is 1.59. The normalized spacial score (nSPS) is 15.6. The molecule has 2 unspecified atom stereocenters. The Bertz CT molecular complexity index is 142. The van der Waals surface area contributed by atoms with E-state index in [9.17, 15) is 0 Å². The maximum absolute atomic E-state index is 5.06. The van der Waals surface area contributed by atoms with Crippen molar-refractivity contribution in [2.45, 2.75) is 45.7 Å². The van der Waals surface area contributed by atoms with Crippen molar-refractivity contribution in [1.82, 2.24) is 10.2 Å². The van der Waals surface area contributed by atoms with Crippen LogP contribution in [0.4, 0.5) is 0 Å². The van der Waals surface area contributed by atoms with Gasteiger partial charge in [0, 0.05) is 32.3 Å². The molecule has 0 amide bonds. The Balaban J connectivity index is 3.69. The Labute approximate surface area is 95.2 Å². The zero-order chi connectivity index (χ0) is 11.7. The molecule has 15 heavy (non-hydrogen) atoms. The Hall–Kier alpha value is -0.120. The molecule has 0 aliphatic rings. The first kappa shape index (κ1) is 14.9. The van der Waals surface area contributed by atoms with Gasteiger partial charge in [0.2, 0.25) is 0 Å². The summed E-state index contributed by atoms with van der Waals surface area (Å²) in [5, 5.41) is 3.53. The molecule has 0 aliphatic heterocycles. The van der Waals surface area contributed by atoms with Gasteiger partial charge in [-0.25, -0.2) is 0 Å². The van der Waals surface area contributed by atoms with Crippen LogP contribution in [0.2, 0.25) is 0 Å². The summed E-state index contributed by atoms with van der Waals surface area (Å²) < 4.78 is 5.06. The highest BCUT2D eigenvalue weighted by molar-refractivity contribution is 4.75. The largest absolute Gasteiger partial charge is 0.385 e. The van der Waals surface area contributed by atoms with Crippen molar-refractivity contribution >= 4 is 0 Å². The van der Waals surface area contributed by atoms with Crippen LogP contribution in [0.3, 0.4) is 0 Å². The van der Waals surface area contributed by atoms with E-state index in [-0.39, 0.29) is 0 Å². The van der Waals surface area contributed by atoms with Crippen molar-refractivity contribution in [3.8, 4) is 0 Å². The number of ether oxygens (including phenoxy) is 1. The molecule has 0 aromatic heterocycles. The zero-order valence-corrected chi connectivity index (χ0v) is 11.0. The lowest BCUT2D eigenvalue weighted by Gasteiger charge is -2.30. The molecule has 0 aliphatic carbocycles. The first-order valence-electron chi connectivity index (χ1n) is 6.06. The van der Waals surface area contributed by atoms with E-state index in [1.54, 1.807) is 7.11 Å². The molecule has 0 aromatic rings. The molecule has 0 heterocycles. The zero-order valence-electron chi connectivity index (χ0n) is 11.0. The Morgan fingerprint density at radius 2 is 2.00 bits per heavy atom. The fraction of sp³-hybridized carbons (Fsp3) is 1.00. The Kier molecular flexibility index (Phi) is 9.06.